The number of hydrogen-bond acceptors (Lipinski definition) is 6. The van der Waals surface area contributed by atoms with Crippen LogP contribution in [-0.4, -0.2) is 31.4 Å². The first kappa shape index (κ1) is 22.8. The lowest BCUT2D eigenvalue weighted by atomic mass is 10.1. The molecule has 9 nitrogen and oxygen atoms in total. The molecular weight excluding hydrogens is 452 g/mol. The van der Waals surface area contributed by atoms with Gasteiger partial charge in [-0.15, -0.1) is 0 Å². The summed E-state index contributed by atoms with van der Waals surface area (Å²) in [5.74, 6) is -0.738. The van der Waals surface area contributed by atoms with Gasteiger partial charge in [-0.25, -0.2) is 8.42 Å². The summed E-state index contributed by atoms with van der Waals surface area (Å²) < 4.78 is 26.8. The second-order valence-electron chi connectivity index (χ2n) is 6.51. The first-order valence-corrected chi connectivity index (χ1v) is 11.0. The van der Waals surface area contributed by atoms with Crippen molar-refractivity contribution >= 4 is 50.3 Å². The average Bonchev–Trinajstić information content (AvgIpc) is 2.79. The molecule has 0 saturated heterocycles. The van der Waals surface area contributed by atoms with Gasteiger partial charge in [-0.2, -0.15) is 0 Å². The van der Waals surface area contributed by atoms with Gasteiger partial charge in [0.2, 0.25) is 0 Å². The summed E-state index contributed by atoms with van der Waals surface area (Å²) in [5, 5.41) is 16.1. The summed E-state index contributed by atoms with van der Waals surface area (Å²) in [7, 11) is -2.30. The number of nitrogens with zero attached hydrogens (tertiary/aromatic N) is 2. The minimum absolute atomic E-state index is 0.0734. The van der Waals surface area contributed by atoms with E-state index in [-0.39, 0.29) is 21.3 Å². The maximum atomic E-state index is 12.8. The fraction of sp³-hybridized carbons (Fsp3) is 0.0476. The number of hydrogen-bond donors (Lipinski definition) is 2. The van der Waals surface area contributed by atoms with Crippen LogP contribution >= 0.6 is 12.2 Å². The number of carbonyl (C=O) groups excluding carboxylic acids is 1. The SMILES string of the molecule is CN(c1ccccc1)S(=O)(=O)c1ccc(NC(=S)NC(=O)c2ccccc2[N+](=O)[O-])cc1. The maximum Gasteiger partial charge on any atom is 0.282 e. The zero-order chi connectivity index (χ0) is 23.3. The Morgan fingerprint density at radius 1 is 0.969 bits per heavy atom. The highest BCUT2D eigenvalue weighted by molar-refractivity contribution is 7.92. The van der Waals surface area contributed by atoms with Gasteiger partial charge >= 0.3 is 0 Å². The number of rotatable bonds is 6. The van der Waals surface area contributed by atoms with E-state index < -0.39 is 20.9 Å². The Balaban J connectivity index is 1.69. The van der Waals surface area contributed by atoms with E-state index in [2.05, 4.69) is 10.6 Å². The van der Waals surface area contributed by atoms with Gasteiger partial charge in [0, 0.05) is 18.8 Å². The molecule has 0 atom stereocenters. The van der Waals surface area contributed by atoms with Crippen molar-refractivity contribution < 1.29 is 18.1 Å². The van der Waals surface area contributed by atoms with Gasteiger partial charge in [0.05, 0.1) is 15.5 Å². The minimum atomic E-state index is -3.77. The summed E-state index contributed by atoms with van der Waals surface area (Å²) >= 11 is 5.09. The zero-order valence-corrected chi connectivity index (χ0v) is 18.4. The molecule has 32 heavy (non-hydrogen) atoms. The van der Waals surface area contributed by atoms with E-state index in [0.29, 0.717) is 11.4 Å². The van der Waals surface area contributed by atoms with Crippen molar-refractivity contribution in [3.05, 3.63) is 94.5 Å². The lowest BCUT2D eigenvalue weighted by Gasteiger charge is -2.19. The number of anilines is 2. The molecule has 0 aliphatic heterocycles. The Morgan fingerprint density at radius 3 is 2.19 bits per heavy atom. The Morgan fingerprint density at radius 2 is 1.56 bits per heavy atom. The van der Waals surface area contributed by atoms with Crippen molar-refractivity contribution in [3.8, 4) is 0 Å². The molecule has 3 rings (SSSR count). The summed E-state index contributed by atoms with van der Waals surface area (Å²) in [5.41, 5.74) is 0.477. The topological polar surface area (TPSA) is 122 Å². The van der Waals surface area contributed by atoms with Crippen LogP contribution in [0.25, 0.3) is 0 Å². The molecular formula is C21H18N4O5S2. The third-order valence-electron chi connectivity index (χ3n) is 4.46. The highest BCUT2D eigenvalue weighted by Gasteiger charge is 2.22. The van der Waals surface area contributed by atoms with Crippen LogP contribution in [0.1, 0.15) is 10.4 Å². The van der Waals surface area contributed by atoms with Crippen molar-refractivity contribution in [1.82, 2.24) is 5.32 Å². The largest absolute Gasteiger partial charge is 0.332 e. The fourth-order valence-corrected chi connectivity index (χ4v) is 4.21. The van der Waals surface area contributed by atoms with E-state index in [0.717, 1.165) is 0 Å². The number of thiocarbonyl (C=S) groups is 1. The van der Waals surface area contributed by atoms with Crippen molar-refractivity contribution in [2.24, 2.45) is 0 Å². The molecule has 3 aromatic rings. The van der Waals surface area contributed by atoms with Gasteiger partial charge in [-0.3, -0.25) is 24.5 Å². The van der Waals surface area contributed by atoms with Gasteiger partial charge in [-0.1, -0.05) is 30.3 Å². The lowest BCUT2D eigenvalue weighted by Crippen LogP contribution is -2.34. The zero-order valence-electron chi connectivity index (χ0n) is 16.8. The molecule has 0 aliphatic rings. The predicted molar refractivity (Wildman–Crippen MR) is 125 cm³/mol. The monoisotopic (exact) mass is 470 g/mol. The minimum Gasteiger partial charge on any atom is -0.332 e. The smallest absolute Gasteiger partial charge is 0.282 e. The number of nitro benzene ring substituents is 1. The Hall–Kier alpha value is -3.83. The van der Waals surface area contributed by atoms with Crippen molar-refractivity contribution in [2.75, 3.05) is 16.7 Å². The predicted octanol–water partition coefficient (Wildman–Crippen LogP) is 3.55. The Kier molecular flexibility index (Phi) is 6.81. The van der Waals surface area contributed by atoms with Gasteiger partial charge < -0.3 is 5.32 Å². The molecule has 0 radical (unpaired) electrons. The molecule has 0 fully saturated rings. The molecule has 0 saturated carbocycles. The van der Waals surface area contributed by atoms with E-state index in [1.807, 2.05) is 0 Å². The number of nitro groups is 1. The molecule has 0 bridgehead atoms. The highest BCUT2D eigenvalue weighted by atomic mass is 32.2. The van der Waals surface area contributed by atoms with Crippen LogP contribution in [0.3, 0.4) is 0 Å². The first-order chi connectivity index (χ1) is 15.2. The van der Waals surface area contributed by atoms with Crippen LogP contribution in [0.4, 0.5) is 17.1 Å². The Bertz CT molecular complexity index is 1260. The fourth-order valence-electron chi connectivity index (χ4n) is 2.80. The second kappa shape index (κ2) is 9.54. The van der Waals surface area contributed by atoms with Crippen molar-refractivity contribution in [2.45, 2.75) is 4.90 Å². The molecule has 0 aliphatic carbocycles. The third-order valence-corrected chi connectivity index (χ3v) is 6.47. The van der Waals surface area contributed by atoms with Crippen LogP contribution in [0.5, 0.6) is 0 Å². The van der Waals surface area contributed by atoms with Crippen LogP contribution in [0.2, 0.25) is 0 Å². The maximum absolute atomic E-state index is 12.8. The third kappa shape index (κ3) is 5.07. The quantitative estimate of drug-likeness (QED) is 0.321. The van der Waals surface area contributed by atoms with Crippen LogP contribution in [-0.2, 0) is 10.0 Å². The number of carbonyl (C=O) groups is 1. The molecule has 3 aromatic carbocycles. The number of sulfonamides is 1. The summed E-state index contributed by atoms with van der Waals surface area (Å²) in [6.45, 7) is 0. The molecule has 1 amide bonds. The van der Waals surface area contributed by atoms with E-state index in [1.54, 1.807) is 30.3 Å². The van der Waals surface area contributed by atoms with E-state index in [4.69, 9.17) is 12.2 Å². The average molecular weight is 471 g/mol. The normalized spacial score (nSPS) is 10.8. The highest BCUT2D eigenvalue weighted by Crippen LogP contribution is 2.23. The number of benzene rings is 3. The lowest BCUT2D eigenvalue weighted by molar-refractivity contribution is -0.385. The molecule has 164 valence electrons. The first-order valence-electron chi connectivity index (χ1n) is 9.20. The van der Waals surface area contributed by atoms with Crippen LogP contribution in [0.15, 0.2) is 83.8 Å². The van der Waals surface area contributed by atoms with Crippen LogP contribution < -0.4 is 14.9 Å². The molecule has 11 heteroatoms. The van der Waals surface area contributed by atoms with Crippen molar-refractivity contribution in [3.63, 3.8) is 0 Å². The summed E-state index contributed by atoms with van der Waals surface area (Å²) in [4.78, 5) is 22.8. The second-order valence-corrected chi connectivity index (χ2v) is 8.89. The number of para-hydroxylation sites is 2. The summed E-state index contributed by atoms with van der Waals surface area (Å²) in [6, 6.07) is 20.0. The Labute approximate surface area is 189 Å². The number of nitrogens with one attached hydrogen (secondary N) is 2. The molecule has 0 aromatic heterocycles. The molecule has 0 unspecified atom stereocenters. The van der Waals surface area contributed by atoms with E-state index in [9.17, 15) is 23.3 Å². The van der Waals surface area contributed by atoms with Gasteiger partial charge in [0.15, 0.2) is 5.11 Å². The summed E-state index contributed by atoms with van der Waals surface area (Å²) in [6.07, 6.45) is 0. The van der Waals surface area contributed by atoms with E-state index >= 15 is 0 Å². The molecule has 2 N–H and O–H groups in total. The van der Waals surface area contributed by atoms with Crippen molar-refractivity contribution in [1.29, 1.82) is 0 Å². The molecule has 0 heterocycles. The van der Waals surface area contributed by atoms with Gasteiger partial charge in [-0.05, 0) is 54.7 Å². The number of amides is 1. The standard InChI is InChI=1S/C21H18N4O5S2/c1-24(16-7-3-2-4-8-16)32(29,30)17-13-11-15(12-14-17)22-21(31)23-20(26)18-9-5-6-10-19(18)25(27)28/h2-14H,1H3,(H2,22,23,26,31). The molecule has 0 spiro atoms. The van der Waals surface area contributed by atoms with Gasteiger partial charge in [0.1, 0.15) is 5.56 Å². The van der Waals surface area contributed by atoms with Gasteiger partial charge in [0.25, 0.3) is 21.6 Å². The van der Waals surface area contributed by atoms with E-state index in [1.165, 1.54) is 59.9 Å². The van der Waals surface area contributed by atoms with Crippen LogP contribution in [0, 0.1) is 10.1 Å².